The molecule has 1 fully saturated rings. The first-order valence-corrected chi connectivity index (χ1v) is 5.74. The van der Waals surface area contributed by atoms with E-state index in [4.69, 9.17) is 0 Å². The largest absolute Gasteiger partial charge is 0.300 e. The van der Waals surface area contributed by atoms with Gasteiger partial charge in [0.05, 0.1) is 0 Å². The van der Waals surface area contributed by atoms with Crippen molar-refractivity contribution >= 4 is 12.6 Å². The molecule has 0 saturated carbocycles. The maximum Gasteiger partial charge on any atom is 0.0277 e. The molecule has 1 aliphatic rings. The molecule has 1 aliphatic heterocycles. The van der Waals surface area contributed by atoms with Crippen LogP contribution in [0.5, 0.6) is 0 Å². The van der Waals surface area contributed by atoms with Crippen molar-refractivity contribution < 1.29 is 0 Å². The lowest BCUT2D eigenvalue weighted by atomic mass is 10.00. The first-order valence-electron chi connectivity index (χ1n) is 5.11. The Morgan fingerprint density at radius 1 is 1.31 bits per heavy atom. The summed E-state index contributed by atoms with van der Waals surface area (Å²) in [6, 6.07) is 0. The van der Waals surface area contributed by atoms with Crippen LogP contribution in [0.4, 0.5) is 0 Å². The Morgan fingerprint density at radius 2 is 2.00 bits per heavy atom. The van der Waals surface area contributed by atoms with Crippen LogP contribution in [-0.2, 0) is 0 Å². The van der Waals surface area contributed by atoms with E-state index in [1.165, 1.54) is 32.6 Å². The lowest BCUT2D eigenvalue weighted by molar-refractivity contribution is 0.0404. The monoisotopic (exact) mass is 202 g/mol. The first kappa shape index (κ1) is 11.3. The van der Waals surface area contributed by atoms with Gasteiger partial charge in [-0.25, -0.2) is 0 Å². The third-order valence-electron chi connectivity index (χ3n) is 3.03. The van der Waals surface area contributed by atoms with E-state index in [1.807, 2.05) is 0 Å². The molecule has 0 aliphatic carbocycles. The van der Waals surface area contributed by atoms with Gasteiger partial charge in [0.2, 0.25) is 0 Å². The quantitative estimate of drug-likeness (QED) is 0.690. The summed E-state index contributed by atoms with van der Waals surface area (Å²) in [6.07, 6.45) is 1.21. The predicted octanol–water partition coefficient (Wildman–Crippen LogP) is 1.33. The molecule has 1 saturated heterocycles. The normalized spacial score (nSPS) is 24.9. The van der Waals surface area contributed by atoms with Crippen LogP contribution in [0.1, 0.15) is 20.3 Å². The second kappa shape index (κ2) is 4.67. The van der Waals surface area contributed by atoms with Crippen LogP contribution in [0, 0.1) is 0 Å². The fourth-order valence-electron chi connectivity index (χ4n) is 1.83. The zero-order chi connectivity index (χ0) is 9.90. The van der Waals surface area contributed by atoms with E-state index in [0.717, 1.165) is 5.75 Å². The smallest absolute Gasteiger partial charge is 0.0277 e. The van der Waals surface area contributed by atoms with Gasteiger partial charge in [-0.1, -0.05) is 0 Å². The molecule has 78 valence electrons. The number of hydrogen-bond acceptors (Lipinski definition) is 3. The van der Waals surface area contributed by atoms with Gasteiger partial charge < -0.3 is 4.90 Å². The Bertz CT molecular complexity index is 157. The molecule has 0 amide bonds. The second-order valence-electron chi connectivity index (χ2n) is 4.59. The maximum absolute atomic E-state index is 4.24. The molecule has 1 heterocycles. The van der Waals surface area contributed by atoms with E-state index in [2.05, 4.69) is 43.3 Å². The lowest BCUT2D eigenvalue weighted by Crippen LogP contribution is -2.57. The van der Waals surface area contributed by atoms with Gasteiger partial charge >= 0.3 is 0 Å². The van der Waals surface area contributed by atoms with Crippen LogP contribution in [0.25, 0.3) is 0 Å². The number of nitrogens with zero attached hydrogens (tertiary/aromatic N) is 2. The molecule has 3 heteroatoms. The third-order valence-corrected chi connectivity index (χ3v) is 3.34. The predicted molar refractivity (Wildman–Crippen MR) is 61.6 cm³/mol. The molecule has 0 radical (unpaired) electrons. The minimum Gasteiger partial charge on any atom is -0.300 e. The van der Waals surface area contributed by atoms with Gasteiger partial charge in [0.1, 0.15) is 0 Å². The van der Waals surface area contributed by atoms with Gasteiger partial charge in [0.15, 0.2) is 0 Å². The molecule has 0 aromatic heterocycles. The molecule has 0 atom stereocenters. The standard InChI is InChI=1S/C10H22N2S/c1-10(2)9-12(5-4-8-13)7-6-11(10)3/h13H,4-9H2,1-3H3. The SMILES string of the molecule is CN1CCN(CCCS)CC1(C)C. The minimum atomic E-state index is 0.342. The molecule has 0 spiro atoms. The van der Waals surface area contributed by atoms with Crippen molar-refractivity contribution in [1.29, 1.82) is 0 Å². The Hall–Kier alpha value is 0.270. The molecule has 0 N–H and O–H groups in total. The van der Waals surface area contributed by atoms with Gasteiger partial charge in [0.25, 0.3) is 0 Å². The van der Waals surface area contributed by atoms with Gasteiger partial charge in [-0.05, 0) is 39.6 Å². The number of likely N-dealkylation sites (N-methyl/N-ethyl adjacent to an activating group) is 1. The van der Waals surface area contributed by atoms with Crippen molar-refractivity contribution in [1.82, 2.24) is 9.80 Å². The second-order valence-corrected chi connectivity index (χ2v) is 5.03. The summed E-state index contributed by atoms with van der Waals surface area (Å²) >= 11 is 4.24. The molecule has 2 nitrogen and oxygen atoms in total. The summed E-state index contributed by atoms with van der Waals surface area (Å²) in [5, 5.41) is 0. The average Bonchev–Trinajstić information content (AvgIpc) is 2.07. The summed E-state index contributed by atoms with van der Waals surface area (Å²) in [6.45, 7) is 9.45. The third kappa shape index (κ3) is 3.15. The highest BCUT2D eigenvalue weighted by atomic mass is 32.1. The fraction of sp³-hybridized carbons (Fsp3) is 1.00. The van der Waals surface area contributed by atoms with E-state index in [9.17, 15) is 0 Å². The number of thiol groups is 1. The van der Waals surface area contributed by atoms with E-state index < -0.39 is 0 Å². The van der Waals surface area contributed by atoms with Crippen LogP contribution >= 0.6 is 12.6 Å². The summed E-state index contributed by atoms with van der Waals surface area (Å²) < 4.78 is 0. The number of hydrogen-bond donors (Lipinski definition) is 1. The van der Waals surface area contributed by atoms with Crippen LogP contribution in [0.15, 0.2) is 0 Å². The minimum absolute atomic E-state index is 0.342. The molecule has 1 rings (SSSR count). The van der Waals surface area contributed by atoms with Crippen molar-refractivity contribution in [2.75, 3.05) is 39.0 Å². The van der Waals surface area contributed by atoms with Crippen molar-refractivity contribution in [2.45, 2.75) is 25.8 Å². The van der Waals surface area contributed by atoms with Gasteiger partial charge in [-0.2, -0.15) is 12.6 Å². The zero-order valence-corrected chi connectivity index (χ0v) is 9.98. The highest BCUT2D eigenvalue weighted by molar-refractivity contribution is 7.80. The molecule has 0 bridgehead atoms. The zero-order valence-electron chi connectivity index (χ0n) is 9.08. The topological polar surface area (TPSA) is 6.48 Å². The first-order chi connectivity index (χ1) is 6.06. The highest BCUT2D eigenvalue weighted by Crippen LogP contribution is 2.18. The van der Waals surface area contributed by atoms with Gasteiger partial charge in [0, 0.05) is 25.2 Å². The van der Waals surface area contributed by atoms with Crippen LogP contribution < -0.4 is 0 Å². The highest BCUT2D eigenvalue weighted by Gasteiger charge is 2.30. The van der Waals surface area contributed by atoms with Crippen molar-refractivity contribution in [3.8, 4) is 0 Å². The van der Waals surface area contributed by atoms with Gasteiger partial charge in [-0.15, -0.1) is 0 Å². The summed E-state index contributed by atoms with van der Waals surface area (Å²) in [5.41, 5.74) is 0.342. The maximum atomic E-state index is 4.24. The van der Waals surface area contributed by atoms with Crippen LogP contribution in [0.3, 0.4) is 0 Å². The summed E-state index contributed by atoms with van der Waals surface area (Å²) in [7, 11) is 2.22. The van der Waals surface area contributed by atoms with Crippen molar-refractivity contribution in [3.63, 3.8) is 0 Å². The van der Waals surface area contributed by atoms with Crippen LogP contribution in [-0.4, -0.2) is 54.3 Å². The lowest BCUT2D eigenvalue weighted by Gasteiger charge is -2.45. The fourth-order valence-corrected chi connectivity index (χ4v) is 1.97. The molecular weight excluding hydrogens is 180 g/mol. The number of piperazine rings is 1. The summed E-state index contributed by atoms with van der Waals surface area (Å²) in [4.78, 5) is 5.00. The average molecular weight is 202 g/mol. The Kier molecular flexibility index (Phi) is 4.07. The van der Waals surface area contributed by atoms with E-state index in [1.54, 1.807) is 0 Å². The molecule has 0 unspecified atom stereocenters. The van der Waals surface area contributed by atoms with Crippen LogP contribution in [0.2, 0.25) is 0 Å². The Balaban J connectivity index is 2.37. The van der Waals surface area contributed by atoms with E-state index in [-0.39, 0.29) is 0 Å². The van der Waals surface area contributed by atoms with Crippen molar-refractivity contribution in [2.24, 2.45) is 0 Å². The van der Waals surface area contributed by atoms with Gasteiger partial charge in [-0.3, -0.25) is 4.90 Å². The van der Waals surface area contributed by atoms with E-state index >= 15 is 0 Å². The Morgan fingerprint density at radius 3 is 2.54 bits per heavy atom. The van der Waals surface area contributed by atoms with Crippen molar-refractivity contribution in [3.05, 3.63) is 0 Å². The molecule has 0 aromatic rings. The Labute approximate surface area is 87.7 Å². The van der Waals surface area contributed by atoms with E-state index in [0.29, 0.717) is 5.54 Å². The molecule has 13 heavy (non-hydrogen) atoms. The summed E-state index contributed by atoms with van der Waals surface area (Å²) in [5.74, 6) is 1.01. The molecular formula is C10H22N2S. The number of rotatable bonds is 3. The molecule has 0 aromatic carbocycles.